The summed E-state index contributed by atoms with van der Waals surface area (Å²) in [7, 11) is 0. The molecule has 142 valence electrons. The third kappa shape index (κ3) is 4.54. The van der Waals surface area contributed by atoms with E-state index in [2.05, 4.69) is 47.4 Å². The second-order valence-corrected chi connectivity index (χ2v) is 7.34. The van der Waals surface area contributed by atoms with Crippen LogP contribution in [0.25, 0.3) is 0 Å². The summed E-state index contributed by atoms with van der Waals surface area (Å²) in [5.74, 6) is 0.214. The highest BCUT2D eigenvalue weighted by Gasteiger charge is 2.30. The van der Waals surface area contributed by atoms with E-state index in [0.29, 0.717) is 32.8 Å². The van der Waals surface area contributed by atoms with Crippen LogP contribution in [0.4, 0.5) is 0 Å². The highest BCUT2D eigenvalue weighted by molar-refractivity contribution is 5.78. The van der Waals surface area contributed by atoms with E-state index < -0.39 is 0 Å². The standard InChI is InChI=1S/C22H27N3O2/c26-22(24-12-14-27-15-13-24)17-25-11-5-10-21(25)20-9-4-8-19(23-20)16-18-6-2-1-3-7-18/h1-4,6-9,21H,5,10-17H2/t21-/m0/s1. The number of carbonyl (C=O) groups excluding carboxylic acids is 1. The van der Waals surface area contributed by atoms with Gasteiger partial charge >= 0.3 is 0 Å². The second kappa shape index (κ2) is 8.63. The van der Waals surface area contributed by atoms with Gasteiger partial charge < -0.3 is 9.64 Å². The van der Waals surface area contributed by atoms with Crippen molar-refractivity contribution in [3.8, 4) is 0 Å². The maximum Gasteiger partial charge on any atom is 0.236 e. The molecule has 5 heteroatoms. The Morgan fingerprint density at radius 2 is 1.85 bits per heavy atom. The molecule has 2 saturated heterocycles. The van der Waals surface area contributed by atoms with Crippen LogP contribution in [0.2, 0.25) is 0 Å². The van der Waals surface area contributed by atoms with Crippen LogP contribution in [0, 0.1) is 0 Å². The van der Waals surface area contributed by atoms with E-state index in [-0.39, 0.29) is 11.9 Å². The molecule has 0 spiro atoms. The molecule has 2 aliphatic rings. The lowest BCUT2D eigenvalue weighted by Crippen LogP contribution is -2.45. The Labute approximate surface area is 161 Å². The molecule has 2 fully saturated rings. The zero-order valence-electron chi connectivity index (χ0n) is 15.7. The van der Waals surface area contributed by atoms with Crippen LogP contribution in [-0.4, -0.2) is 60.1 Å². The lowest BCUT2D eigenvalue weighted by atomic mass is 10.1. The molecular weight excluding hydrogens is 338 g/mol. The topological polar surface area (TPSA) is 45.7 Å². The molecule has 3 heterocycles. The number of pyridine rings is 1. The predicted molar refractivity (Wildman–Crippen MR) is 104 cm³/mol. The lowest BCUT2D eigenvalue weighted by molar-refractivity contribution is -0.136. The number of ether oxygens (including phenoxy) is 1. The fourth-order valence-electron chi connectivity index (χ4n) is 4.02. The van der Waals surface area contributed by atoms with Crippen molar-refractivity contribution in [1.29, 1.82) is 0 Å². The van der Waals surface area contributed by atoms with E-state index in [9.17, 15) is 4.79 Å². The van der Waals surface area contributed by atoms with Gasteiger partial charge in [-0.1, -0.05) is 36.4 Å². The summed E-state index contributed by atoms with van der Waals surface area (Å²) in [6.45, 7) is 4.17. The first kappa shape index (κ1) is 18.1. The van der Waals surface area contributed by atoms with Crippen LogP contribution in [-0.2, 0) is 16.0 Å². The van der Waals surface area contributed by atoms with Crippen LogP contribution in [0.5, 0.6) is 0 Å². The Kier molecular flexibility index (Phi) is 5.80. The minimum atomic E-state index is 0.214. The van der Waals surface area contributed by atoms with Crippen LogP contribution in [0.15, 0.2) is 48.5 Å². The van der Waals surface area contributed by atoms with Gasteiger partial charge in [-0.25, -0.2) is 0 Å². The minimum Gasteiger partial charge on any atom is -0.378 e. The Morgan fingerprint density at radius 1 is 1.04 bits per heavy atom. The highest BCUT2D eigenvalue weighted by Crippen LogP contribution is 2.31. The zero-order chi connectivity index (χ0) is 18.5. The van der Waals surface area contributed by atoms with Crippen molar-refractivity contribution in [3.63, 3.8) is 0 Å². The Balaban J connectivity index is 1.43. The number of aromatic nitrogens is 1. The fourth-order valence-corrected chi connectivity index (χ4v) is 4.02. The van der Waals surface area contributed by atoms with Crippen LogP contribution in [0.3, 0.4) is 0 Å². The van der Waals surface area contributed by atoms with Crippen LogP contribution >= 0.6 is 0 Å². The molecule has 0 N–H and O–H groups in total. The van der Waals surface area contributed by atoms with E-state index >= 15 is 0 Å². The van der Waals surface area contributed by atoms with E-state index in [1.54, 1.807) is 0 Å². The van der Waals surface area contributed by atoms with Crippen molar-refractivity contribution in [2.45, 2.75) is 25.3 Å². The first-order valence-corrected chi connectivity index (χ1v) is 9.89. The summed E-state index contributed by atoms with van der Waals surface area (Å²) in [4.78, 5) is 21.8. The third-order valence-electron chi connectivity index (χ3n) is 5.46. The van der Waals surface area contributed by atoms with Crippen molar-refractivity contribution in [3.05, 3.63) is 65.5 Å². The van der Waals surface area contributed by atoms with Gasteiger partial charge in [0.2, 0.25) is 5.91 Å². The van der Waals surface area contributed by atoms with Crippen molar-refractivity contribution in [1.82, 2.24) is 14.8 Å². The largest absolute Gasteiger partial charge is 0.378 e. The van der Waals surface area contributed by atoms with Crippen molar-refractivity contribution >= 4 is 5.91 Å². The quantitative estimate of drug-likeness (QED) is 0.817. The third-order valence-corrected chi connectivity index (χ3v) is 5.46. The molecule has 4 rings (SSSR count). The molecular formula is C22H27N3O2. The molecule has 1 aromatic heterocycles. The van der Waals surface area contributed by atoms with Gasteiger partial charge in [0, 0.05) is 25.2 Å². The number of rotatable bonds is 5. The molecule has 0 bridgehead atoms. The summed E-state index contributed by atoms with van der Waals surface area (Å²) in [6, 6.07) is 17.0. The first-order valence-electron chi connectivity index (χ1n) is 9.89. The smallest absolute Gasteiger partial charge is 0.236 e. The number of benzene rings is 1. The van der Waals surface area contributed by atoms with Crippen LogP contribution < -0.4 is 0 Å². The average molecular weight is 365 g/mol. The maximum atomic E-state index is 12.6. The van der Waals surface area contributed by atoms with E-state index in [4.69, 9.17) is 9.72 Å². The van der Waals surface area contributed by atoms with Gasteiger partial charge in [-0.2, -0.15) is 0 Å². The summed E-state index contributed by atoms with van der Waals surface area (Å²) in [6.07, 6.45) is 3.03. The van der Waals surface area contributed by atoms with Gasteiger partial charge in [0.25, 0.3) is 0 Å². The molecule has 0 saturated carbocycles. The van der Waals surface area contributed by atoms with Crippen molar-refractivity contribution in [2.24, 2.45) is 0 Å². The highest BCUT2D eigenvalue weighted by atomic mass is 16.5. The lowest BCUT2D eigenvalue weighted by Gasteiger charge is -2.30. The molecule has 1 aromatic carbocycles. The second-order valence-electron chi connectivity index (χ2n) is 7.34. The number of hydrogen-bond acceptors (Lipinski definition) is 4. The number of nitrogens with zero attached hydrogens (tertiary/aromatic N) is 3. The van der Waals surface area contributed by atoms with Gasteiger partial charge in [-0.05, 0) is 37.1 Å². The van der Waals surface area contributed by atoms with E-state index in [1.807, 2.05) is 11.0 Å². The van der Waals surface area contributed by atoms with Gasteiger partial charge in [-0.3, -0.25) is 14.7 Å². The molecule has 27 heavy (non-hydrogen) atoms. The summed E-state index contributed by atoms with van der Waals surface area (Å²) in [5, 5.41) is 0. The maximum absolute atomic E-state index is 12.6. The fraction of sp³-hybridized carbons (Fsp3) is 0.455. The van der Waals surface area contributed by atoms with E-state index in [0.717, 1.165) is 37.2 Å². The minimum absolute atomic E-state index is 0.214. The zero-order valence-corrected chi connectivity index (χ0v) is 15.7. The number of amides is 1. The molecule has 1 amide bonds. The predicted octanol–water partition coefficient (Wildman–Crippen LogP) is 2.67. The average Bonchev–Trinajstić information content (AvgIpc) is 3.18. The van der Waals surface area contributed by atoms with Gasteiger partial charge in [0.1, 0.15) is 0 Å². The molecule has 0 radical (unpaired) electrons. The van der Waals surface area contributed by atoms with Crippen molar-refractivity contribution in [2.75, 3.05) is 39.4 Å². The molecule has 1 atom stereocenters. The number of morpholine rings is 1. The summed E-state index contributed by atoms with van der Waals surface area (Å²) in [5.41, 5.74) is 3.45. The Morgan fingerprint density at radius 3 is 2.67 bits per heavy atom. The van der Waals surface area contributed by atoms with Crippen LogP contribution in [0.1, 0.15) is 35.8 Å². The van der Waals surface area contributed by atoms with Gasteiger partial charge in [0.05, 0.1) is 31.5 Å². The molecule has 2 aliphatic heterocycles. The van der Waals surface area contributed by atoms with E-state index in [1.165, 1.54) is 5.56 Å². The number of likely N-dealkylation sites (tertiary alicyclic amines) is 1. The number of carbonyl (C=O) groups is 1. The Hall–Kier alpha value is -2.24. The molecule has 2 aromatic rings. The number of hydrogen-bond donors (Lipinski definition) is 0. The summed E-state index contributed by atoms with van der Waals surface area (Å²) < 4.78 is 5.35. The molecule has 0 unspecified atom stereocenters. The van der Waals surface area contributed by atoms with Crippen molar-refractivity contribution < 1.29 is 9.53 Å². The SMILES string of the molecule is O=C(CN1CCC[C@H]1c1cccc(Cc2ccccc2)n1)N1CCOCC1. The summed E-state index contributed by atoms with van der Waals surface area (Å²) >= 11 is 0. The van der Waals surface area contributed by atoms with Gasteiger partial charge in [0.15, 0.2) is 0 Å². The van der Waals surface area contributed by atoms with Gasteiger partial charge in [-0.15, -0.1) is 0 Å². The first-order chi connectivity index (χ1) is 13.3. The Bertz CT molecular complexity index is 759. The monoisotopic (exact) mass is 365 g/mol. The molecule has 5 nitrogen and oxygen atoms in total. The normalized spacial score (nSPS) is 20.7. The molecule has 0 aliphatic carbocycles.